The molecule has 0 radical (unpaired) electrons. The molecule has 1 fully saturated rings. The number of nitrogens with one attached hydrogen (secondary N) is 1. The first-order valence-corrected chi connectivity index (χ1v) is 6.70. The van der Waals surface area contributed by atoms with Crippen LogP contribution in [0, 0.1) is 6.92 Å². The number of carboxylic acids is 1. The molecule has 0 bridgehead atoms. The van der Waals surface area contributed by atoms with E-state index in [1.54, 1.807) is 11.8 Å². The predicted molar refractivity (Wildman–Crippen MR) is 67.1 cm³/mol. The maximum absolute atomic E-state index is 10.9. The van der Waals surface area contributed by atoms with Gasteiger partial charge in [0.2, 0.25) is 6.79 Å². The molecular formula is C12H13NO4S. The van der Waals surface area contributed by atoms with E-state index in [2.05, 4.69) is 5.32 Å². The molecule has 6 heteroatoms. The molecule has 1 aromatic rings. The number of benzene rings is 1. The summed E-state index contributed by atoms with van der Waals surface area (Å²) < 4.78 is 10.7. The summed E-state index contributed by atoms with van der Waals surface area (Å²) in [4.78, 5) is 10.9. The van der Waals surface area contributed by atoms with Crippen molar-refractivity contribution in [1.82, 2.24) is 5.32 Å². The minimum absolute atomic E-state index is 0.000556. The normalized spacial score (nSPS) is 25.4. The Hall–Kier alpha value is -1.40. The summed E-state index contributed by atoms with van der Waals surface area (Å²) in [5.74, 6) is 1.27. The molecule has 96 valence electrons. The van der Waals surface area contributed by atoms with Crippen molar-refractivity contribution in [3.8, 4) is 11.5 Å². The summed E-state index contributed by atoms with van der Waals surface area (Å²) in [6.45, 7) is 2.24. The monoisotopic (exact) mass is 267 g/mol. The van der Waals surface area contributed by atoms with E-state index in [1.807, 2.05) is 19.1 Å². The lowest BCUT2D eigenvalue weighted by molar-refractivity contribution is -0.138. The van der Waals surface area contributed by atoms with Gasteiger partial charge in [-0.1, -0.05) is 0 Å². The molecule has 0 aromatic heterocycles. The van der Waals surface area contributed by atoms with E-state index < -0.39 is 12.0 Å². The number of hydrogen-bond donors (Lipinski definition) is 2. The fourth-order valence-corrected chi connectivity index (χ4v) is 3.45. The Balaban J connectivity index is 1.87. The van der Waals surface area contributed by atoms with Crippen molar-refractivity contribution < 1.29 is 19.4 Å². The minimum atomic E-state index is -0.802. The Morgan fingerprint density at radius 3 is 2.83 bits per heavy atom. The highest BCUT2D eigenvalue weighted by Gasteiger charge is 2.32. The molecule has 5 nitrogen and oxygen atoms in total. The Labute approximate surface area is 108 Å². The SMILES string of the molecule is Cc1cc2c(cc1[C@H]1N[C@@H](C(=O)O)CS1)OCO2. The average molecular weight is 267 g/mol. The molecule has 2 aliphatic heterocycles. The number of aliphatic carboxylic acids is 1. The van der Waals surface area contributed by atoms with E-state index in [-0.39, 0.29) is 12.2 Å². The zero-order valence-corrected chi connectivity index (χ0v) is 10.6. The van der Waals surface area contributed by atoms with E-state index in [0.29, 0.717) is 5.75 Å². The highest BCUT2D eigenvalue weighted by Crippen LogP contribution is 2.41. The Morgan fingerprint density at radius 1 is 1.44 bits per heavy atom. The quantitative estimate of drug-likeness (QED) is 0.846. The van der Waals surface area contributed by atoms with Gasteiger partial charge in [-0.3, -0.25) is 10.1 Å². The zero-order chi connectivity index (χ0) is 12.7. The Kier molecular flexibility index (Phi) is 2.83. The smallest absolute Gasteiger partial charge is 0.321 e. The molecule has 18 heavy (non-hydrogen) atoms. The lowest BCUT2D eigenvalue weighted by Crippen LogP contribution is -2.33. The van der Waals surface area contributed by atoms with Crippen molar-refractivity contribution in [3.63, 3.8) is 0 Å². The average Bonchev–Trinajstić information content (AvgIpc) is 2.94. The fourth-order valence-electron chi connectivity index (χ4n) is 2.14. The molecule has 0 spiro atoms. The molecule has 1 saturated heterocycles. The predicted octanol–water partition coefficient (Wildman–Crippen LogP) is 1.51. The third kappa shape index (κ3) is 1.91. The second-order valence-corrected chi connectivity index (χ2v) is 5.47. The van der Waals surface area contributed by atoms with Gasteiger partial charge >= 0.3 is 5.97 Å². The number of fused-ring (bicyclic) bond motifs is 1. The van der Waals surface area contributed by atoms with Crippen molar-refractivity contribution in [2.75, 3.05) is 12.5 Å². The molecule has 2 atom stereocenters. The van der Waals surface area contributed by atoms with E-state index in [4.69, 9.17) is 14.6 Å². The number of ether oxygens (including phenoxy) is 2. The van der Waals surface area contributed by atoms with Crippen LogP contribution in [-0.4, -0.2) is 29.7 Å². The van der Waals surface area contributed by atoms with E-state index >= 15 is 0 Å². The van der Waals surface area contributed by atoms with E-state index in [1.165, 1.54) is 0 Å². The number of thioether (sulfide) groups is 1. The molecule has 2 N–H and O–H groups in total. The maximum Gasteiger partial charge on any atom is 0.321 e. The minimum Gasteiger partial charge on any atom is -0.480 e. The van der Waals surface area contributed by atoms with Crippen molar-refractivity contribution in [1.29, 1.82) is 0 Å². The standard InChI is InChI=1S/C12H13NO4S/c1-6-2-9-10(17-5-16-9)3-7(6)11-13-8(4-18-11)12(14)15/h2-3,8,11,13H,4-5H2,1H3,(H,14,15)/t8-,11+/m1/s1. The van der Waals surface area contributed by atoms with Gasteiger partial charge in [0.1, 0.15) is 6.04 Å². The van der Waals surface area contributed by atoms with Crippen LogP contribution in [0.1, 0.15) is 16.5 Å². The highest BCUT2D eigenvalue weighted by atomic mass is 32.2. The first-order valence-electron chi connectivity index (χ1n) is 5.66. The van der Waals surface area contributed by atoms with Crippen LogP contribution in [0.4, 0.5) is 0 Å². The van der Waals surface area contributed by atoms with Gasteiger partial charge in [0, 0.05) is 5.75 Å². The third-order valence-corrected chi connectivity index (χ3v) is 4.37. The van der Waals surface area contributed by atoms with Crippen LogP contribution in [0.5, 0.6) is 11.5 Å². The molecule has 2 aliphatic rings. The molecule has 1 aromatic carbocycles. The molecule has 0 amide bonds. The lowest BCUT2D eigenvalue weighted by Gasteiger charge is -2.14. The number of carbonyl (C=O) groups is 1. The molecule has 0 unspecified atom stereocenters. The molecule has 3 rings (SSSR count). The topological polar surface area (TPSA) is 67.8 Å². The second kappa shape index (κ2) is 4.37. The number of carboxylic acid groups (broad SMARTS) is 1. The highest BCUT2D eigenvalue weighted by molar-refractivity contribution is 7.99. The summed E-state index contributed by atoms with van der Waals surface area (Å²) in [6, 6.07) is 3.39. The van der Waals surface area contributed by atoms with E-state index in [9.17, 15) is 4.79 Å². The first-order chi connectivity index (χ1) is 8.65. The van der Waals surface area contributed by atoms with E-state index in [0.717, 1.165) is 22.6 Å². The van der Waals surface area contributed by atoms with Crippen LogP contribution >= 0.6 is 11.8 Å². The summed E-state index contributed by atoms with van der Waals surface area (Å²) >= 11 is 1.60. The summed E-state index contributed by atoms with van der Waals surface area (Å²) in [5, 5.41) is 12.1. The molecule has 2 heterocycles. The van der Waals surface area contributed by atoms with Gasteiger partial charge in [0.15, 0.2) is 11.5 Å². The Bertz CT molecular complexity index is 505. The van der Waals surface area contributed by atoms with Crippen LogP contribution in [-0.2, 0) is 4.79 Å². The van der Waals surface area contributed by atoms with Crippen LogP contribution in [0.3, 0.4) is 0 Å². The maximum atomic E-state index is 10.9. The number of rotatable bonds is 2. The van der Waals surface area contributed by atoms with Gasteiger partial charge in [0.05, 0.1) is 5.37 Å². The van der Waals surface area contributed by atoms with Gasteiger partial charge in [-0.25, -0.2) is 0 Å². The van der Waals surface area contributed by atoms with Crippen LogP contribution < -0.4 is 14.8 Å². The molecule has 0 saturated carbocycles. The Morgan fingerprint density at radius 2 is 2.17 bits per heavy atom. The van der Waals surface area contributed by atoms with Crippen LogP contribution in [0.2, 0.25) is 0 Å². The fraction of sp³-hybridized carbons (Fsp3) is 0.417. The van der Waals surface area contributed by atoms with Crippen LogP contribution in [0.15, 0.2) is 12.1 Å². The van der Waals surface area contributed by atoms with Gasteiger partial charge in [-0.05, 0) is 30.2 Å². The number of aryl methyl sites for hydroxylation is 1. The lowest BCUT2D eigenvalue weighted by atomic mass is 10.1. The molecule has 0 aliphatic carbocycles. The molecular weight excluding hydrogens is 254 g/mol. The van der Waals surface area contributed by atoms with Gasteiger partial charge in [-0.2, -0.15) is 0 Å². The van der Waals surface area contributed by atoms with Crippen molar-refractivity contribution in [3.05, 3.63) is 23.3 Å². The van der Waals surface area contributed by atoms with Crippen molar-refractivity contribution >= 4 is 17.7 Å². The first kappa shape index (κ1) is 11.7. The van der Waals surface area contributed by atoms with Gasteiger partial charge in [0.25, 0.3) is 0 Å². The summed E-state index contributed by atoms with van der Waals surface area (Å²) in [5.41, 5.74) is 2.14. The number of hydrogen-bond acceptors (Lipinski definition) is 5. The largest absolute Gasteiger partial charge is 0.480 e. The summed E-state index contributed by atoms with van der Waals surface area (Å²) in [7, 11) is 0. The van der Waals surface area contributed by atoms with Gasteiger partial charge < -0.3 is 14.6 Å². The zero-order valence-electron chi connectivity index (χ0n) is 9.80. The van der Waals surface area contributed by atoms with Crippen molar-refractivity contribution in [2.24, 2.45) is 0 Å². The third-order valence-electron chi connectivity index (χ3n) is 3.12. The van der Waals surface area contributed by atoms with Gasteiger partial charge in [-0.15, -0.1) is 11.8 Å². The second-order valence-electron chi connectivity index (χ2n) is 4.33. The van der Waals surface area contributed by atoms with Crippen LogP contribution in [0.25, 0.3) is 0 Å². The summed E-state index contributed by atoms with van der Waals surface area (Å²) in [6.07, 6.45) is 0. The van der Waals surface area contributed by atoms with Crippen molar-refractivity contribution in [2.45, 2.75) is 18.3 Å².